The van der Waals surface area contributed by atoms with Gasteiger partial charge in [0.2, 0.25) is 0 Å². The number of hydrogen-bond donors (Lipinski definition) is 2. The van der Waals surface area contributed by atoms with Crippen molar-refractivity contribution in [3.63, 3.8) is 0 Å². The van der Waals surface area contributed by atoms with E-state index in [1.807, 2.05) is 0 Å². The van der Waals surface area contributed by atoms with E-state index in [0.717, 1.165) is 31.8 Å². The van der Waals surface area contributed by atoms with Crippen molar-refractivity contribution in [2.24, 2.45) is 11.8 Å². The molecule has 4 atom stereocenters. The fraction of sp³-hybridized carbons (Fsp3) is 1.00. The molecule has 0 spiro atoms. The number of nitrogens with zero attached hydrogens (tertiary/aromatic N) is 1. The van der Waals surface area contributed by atoms with Gasteiger partial charge in [-0.1, -0.05) is 13.8 Å². The summed E-state index contributed by atoms with van der Waals surface area (Å²) < 4.78 is 0. The van der Waals surface area contributed by atoms with Gasteiger partial charge in [-0.25, -0.2) is 0 Å². The molecule has 0 bridgehead atoms. The second-order valence-corrected chi connectivity index (χ2v) is 6.26. The minimum Gasteiger partial charge on any atom is -0.393 e. The monoisotopic (exact) mass is 254 g/mol. The first-order valence-corrected chi connectivity index (χ1v) is 7.81. The lowest BCUT2D eigenvalue weighted by atomic mass is 9.87. The Hall–Kier alpha value is -0.120. The van der Waals surface area contributed by atoms with Gasteiger partial charge in [0.25, 0.3) is 0 Å². The van der Waals surface area contributed by atoms with Crippen molar-refractivity contribution >= 4 is 0 Å². The Morgan fingerprint density at radius 1 is 1.22 bits per heavy atom. The smallest absolute Gasteiger partial charge is 0.0578 e. The van der Waals surface area contributed by atoms with Crippen molar-refractivity contribution in [1.29, 1.82) is 0 Å². The molecule has 1 saturated heterocycles. The number of rotatable bonds is 6. The van der Waals surface area contributed by atoms with Crippen LogP contribution in [0.5, 0.6) is 0 Å². The Morgan fingerprint density at radius 3 is 2.50 bits per heavy atom. The normalized spacial score (nSPS) is 33.3. The third kappa shape index (κ3) is 3.46. The molecule has 0 radical (unpaired) electrons. The predicted molar refractivity (Wildman–Crippen MR) is 75.6 cm³/mol. The molecule has 3 nitrogen and oxygen atoms in total. The van der Waals surface area contributed by atoms with Gasteiger partial charge in [-0.15, -0.1) is 0 Å². The van der Waals surface area contributed by atoms with Gasteiger partial charge in [0.1, 0.15) is 0 Å². The molecule has 3 heteroatoms. The van der Waals surface area contributed by atoms with Crippen molar-refractivity contribution in [3.8, 4) is 0 Å². The van der Waals surface area contributed by atoms with E-state index in [-0.39, 0.29) is 6.10 Å². The van der Waals surface area contributed by atoms with Crippen LogP contribution in [-0.4, -0.2) is 47.8 Å². The molecule has 0 aromatic rings. The molecule has 0 amide bonds. The standard InChI is InChI=1S/C15H30N2O/c1-4-15(18)13-8-14(16-5-2)10-17(9-13)11(3)12-6-7-12/h11-16,18H,4-10H2,1-3H3. The molecule has 4 unspecified atom stereocenters. The second-order valence-electron chi connectivity index (χ2n) is 6.26. The highest BCUT2D eigenvalue weighted by Crippen LogP contribution is 2.37. The molecular weight excluding hydrogens is 224 g/mol. The van der Waals surface area contributed by atoms with E-state index in [1.165, 1.54) is 19.4 Å². The number of hydrogen-bond acceptors (Lipinski definition) is 3. The van der Waals surface area contributed by atoms with Gasteiger partial charge in [0.05, 0.1) is 6.10 Å². The first-order chi connectivity index (χ1) is 8.65. The summed E-state index contributed by atoms with van der Waals surface area (Å²) in [5, 5.41) is 13.8. The van der Waals surface area contributed by atoms with Crippen LogP contribution in [0.3, 0.4) is 0 Å². The van der Waals surface area contributed by atoms with Crippen molar-refractivity contribution in [3.05, 3.63) is 0 Å². The maximum absolute atomic E-state index is 10.2. The van der Waals surface area contributed by atoms with Gasteiger partial charge < -0.3 is 10.4 Å². The van der Waals surface area contributed by atoms with Crippen LogP contribution in [0.15, 0.2) is 0 Å². The third-order valence-corrected chi connectivity index (χ3v) is 4.85. The molecule has 2 fully saturated rings. The van der Waals surface area contributed by atoms with Crippen LogP contribution in [-0.2, 0) is 0 Å². The minimum atomic E-state index is -0.125. The Bertz CT molecular complexity index is 255. The summed E-state index contributed by atoms with van der Waals surface area (Å²) in [5.74, 6) is 1.37. The molecule has 0 aromatic carbocycles. The first-order valence-electron chi connectivity index (χ1n) is 7.81. The molecule has 2 rings (SSSR count). The summed E-state index contributed by atoms with van der Waals surface area (Å²) in [6.07, 6.45) is 4.71. The predicted octanol–water partition coefficient (Wildman–Crippen LogP) is 1.86. The zero-order valence-electron chi connectivity index (χ0n) is 12.2. The van der Waals surface area contributed by atoms with Gasteiger partial charge in [0.15, 0.2) is 0 Å². The maximum atomic E-state index is 10.2. The van der Waals surface area contributed by atoms with Crippen LogP contribution < -0.4 is 5.32 Å². The molecule has 2 aliphatic rings. The van der Waals surface area contributed by atoms with E-state index < -0.39 is 0 Å². The molecule has 1 heterocycles. The third-order valence-electron chi connectivity index (χ3n) is 4.85. The maximum Gasteiger partial charge on any atom is 0.0578 e. The van der Waals surface area contributed by atoms with Crippen molar-refractivity contribution < 1.29 is 5.11 Å². The Morgan fingerprint density at radius 2 is 1.94 bits per heavy atom. The first kappa shape index (κ1) is 14.3. The molecule has 1 aliphatic carbocycles. The summed E-state index contributed by atoms with van der Waals surface area (Å²) in [4.78, 5) is 2.62. The molecule has 1 aliphatic heterocycles. The fourth-order valence-electron chi connectivity index (χ4n) is 3.43. The number of piperidine rings is 1. The number of aliphatic hydroxyl groups is 1. The molecular formula is C15H30N2O. The fourth-order valence-corrected chi connectivity index (χ4v) is 3.43. The van der Waals surface area contributed by atoms with Gasteiger partial charge in [-0.3, -0.25) is 4.90 Å². The summed E-state index contributed by atoms with van der Waals surface area (Å²) in [6.45, 7) is 9.93. The van der Waals surface area contributed by atoms with E-state index in [1.54, 1.807) is 0 Å². The summed E-state index contributed by atoms with van der Waals surface area (Å²) in [6, 6.07) is 1.27. The Labute approximate surface area is 112 Å². The lowest BCUT2D eigenvalue weighted by Gasteiger charge is -2.42. The van der Waals surface area contributed by atoms with Crippen LogP contribution >= 0.6 is 0 Å². The average molecular weight is 254 g/mol. The van der Waals surface area contributed by atoms with Gasteiger partial charge in [-0.2, -0.15) is 0 Å². The molecule has 2 N–H and O–H groups in total. The number of aliphatic hydroxyl groups excluding tert-OH is 1. The highest BCUT2D eigenvalue weighted by Gasteiger charge is 2.37. The largest absolute Gasteiger partial charge is 0.393 e. The molecule has 0 aromatic heterocycles. The topological polar surface area (TPSA) is 35.5 Å². The van der Waals surface area contributed by atoms with Crippen LogP contribution in [0.25, 0.3) is 0 Å². The Balaban J connectivity index is 1.96. The van der Waals surface area contributed by atoms with Gasteiger partial charge in [-0.05, 0) is 51.0 Å². The van der Waals surface area contributed by atoms with Gasteiger partial charge >= 0.3 is 0 Å². The van der Waals surface area contributed by atoms with Crippen molar-refractivity contribution in [1.82, 2.24) is 10.2 Å². The molecule has 18 heavy (non-hydrogen) atoms. The summed E-state index contributed by atoms with van der Waals surface area (Å²) in [7, 11) is 0. The zero-order valence-corrected chi connectivity index (χ0v) is 12.2. The van der Waals surface area contributed by atoms with Crippen molar-refractivity contribution in [2.75, 3.05) is 19.6 Å². The lowest BCUT2D eigenvalue weighted by Crippen LogP contribution is -2.54. The van der Waals surface area contributed by atoms with E-state index >= 15 is 0 Å². The van der Waals surface area contributed by atoms with E-state index in [0.29, 0.717) is 18.0 Å². The van der Waals surface area contributed by atoms with Crippen LogP contribution in [0.1, 0.15) is 46.5 Å². The van der Waals surface area contributed by atoms with Crippen molar-refractivity contribution in [2.45, 2.75) is 64.6 Å². The number of likely N-dealkylation sites (N-methyl/N-ethyl adjacent to an activating group) is 1. The van der Waals surface area contributed by atoms with Crippen LogP contribution in [0.2, 0.25) is 0 Å². The Kier molecular flexibility index (Phi) is 5.05. The van der Waals surface area contributed by atoms with Crippen LogP contribution in [0.4, 0.5) is 0 Å². The number of likely N-dealkylation sites (tertiary alicyclic amines) is 1. The zero-order chi connectivity index (χ0) is 13.1. The highest BCUT2D eigenvalue weighted by molar-refractivity contribution is 4.92. The SMILES string of the molecule is CCNC1CC(C(O)CC)CN(C(C)C2CC2)C1. The lowest BCUT2D eigenvalue weighted by molar-refractivity contribution is 0.0184. The van der Waals surface area contributed by atoms with E-state index in [9.17, 15) is 5.11 Å². The van der Waals surface area contributed by atoms with E-state index in [2.05, 4.69) is 31.0 Å². The number of nitrogens with one attached hydrogen (secondary N) is 1. The minimum absolute atomic E-state index is 0.125. The summed E-state index contributed by atoms with van der Waals surface area (Å²) in [5.41, 5.74) is 0. The second kappa shape index (κ2) is 6.36. The average Bonchev–Trinajstić information content (AvgIpc) is 3.21. The highest BCUT2D eigenvalue weighted by atomic mass is 16.3. The van der Waals surface area contributed by atoms with E-state index in [4.69, 9.17) is 0 Å². The molecule has 1 saturated carbocycles. The quantitative estimate of drug-likeness (QED) is 0.759. The summed E-state index contributed by atoms with van der Waals surface area (Å²) >= 11 is 0. The van der Waals surface area contributed by atoms with Crippen LogP contribution in [0, 0.1) is 11.8 Å². The molecule has 106 valence electrons. The van der Waals surface area contributed by atoms with Gasteiger partial charge in [0, 0.05) is 25.2 Å².